The summed E-state index contributed by atoms with van der Waals surface area (Å²) in [6, 6.07) is 6.94. The van der Waals surface area contributed by atoms with E-state index >= 15 is 0 Å². The molecule has 2 atom stereocenters. The van der Waals surface area contributed by atoms with Crippen LogP contribution in [-0.4, -0.2) is 5.71 Å². The molecule has 196 valence electrons. The van der Waals surface area contributed by atoms with Gasteiger partial charge in [-0.15, -0.1) is 0 Å². The van der Waals surface area contributed by atoms with Crippen LogP contribution in [0.4, 0.5) is 0 Å². The Morgan fingerprint density at radius 3 is 2.53 bits per heavy atom. The van der Waals surface area contributed by atoms with Gasteiger partial charge in [0, 0.05) is 24.5 Å². The number of hydrogen-bond acceptors (Lipinski definition) is 1. The summed E-state index contributed by atoms with van der Waals surface area (Å²) in [5.41, 5.74) is 10.9. The quantitative estimate of drug-likeness (QED) is 0.340. The van der Waals surface area contributed by atoms with E-state index in [4.69, 9.17) is 4.99 Å². The van der Waals surface area contributed by atoms with E-state index < -0.39 is 0 Å². The normalized spacial score (nSPS) is 23.6. The van der Waals surface area contributed by atoms with Crippen molar-refractivity contribution in [1.29, 1.82) is 0 Å². The minimum atomic E-state index is 0. The average Bonchev–Trinajstić information content (AvgIpc) is 3.38. The van der Waals surface area contributed by atoms with Crippen LogP contribution in [0.25, 0.3) is 11.1 Å². The van der Waals surface area contributed by atoms with Crippen LogP contribution in [-0.2, 0) is 6.42 Å². The lowest BCUT2D eigenvalue weighted by Gasteiger charge is -2.30. The molecule has 3 aliphatic rings. The largest absolute Gasteiger partial charge is 0.256 e. The lowest BCUT2D eigenvalue weighted by molar-refractivity contribution is 0.235. The molecule has 0 spiro atoms. The van der Waals surface area contributed by atoms with Gasteiger partial charge in [0.15, 0.2) is 0 Å². The second kappa shape index (κ2) is 11.8. The Bertz CT molecular complexity index is 1120. The number of allylic oxidation sites excluding steroid dienone is 8. The Hall–Kier alpha value is -2.41. The highest BCUT2D eigenvalue weighted by Gasteiger charge is 2.48. The highest BCUT2D eigenvalue weighted by molar-refractivity contribution is 6.00. The van der Waals surface area contributed by atoms with E-state index in [1.54, 1.807) is 0 Å². The number of benzene rings is 1. The molecule has 2 unspecified atom stereocenters. The van der Waals surface area contributed by atoms with Gasteiger partial charge in [0.25, 0.3) is 0 Å². The van der Waals surface area contributed by atoms with Crippen molar-refractivity contribution in [2.24, 2.45) is 34.1 Å². The fourth-order valence-electron chi connectivity index (χ4n) is 6.55. The molecule has 1 heterocycles. The molecule has 0 radical (unpaired) electrons. The average molecular weight is 486 g/mol. The van der Waals surface area contributed by atoms with Crippen LogP contribution in [0.1, 0.15) is 99.7 Å². The van der Waals surface area contributed by atoms with Gasteiger partial charge >= 0.3 is 0 Å². The molecule has 0 bridgehead atoms. The smallest absolute Gasteiger partial charge is 0.0707 e. The van der Waals surface area contributed by atoms with E-state index in [2.05, 4.69) is 97.5 Å². The summed E-state index contributed by atoms with van der Waals surface area (Å²) in [7, 11) is 0. The van der Waals surface area contributed by atoms with Gasteiger partial charge < -0.3 is 0 Å². The molecular weight excluding hydrogens is 434 g/mol. The molecule has 1 saturated carbocycles. The summed E-state index contributed by atoms with van der Waals surface area (Å²) in [6.45, 7) is 24.5. The van der Waals surface area contributed by atoms with Gasteiger partial charge in [0.1, 0.15) is 0 Å². The molecule has 2 aliphatic carbocycles. The zero-order valence-corrected chi connectivity index (χ0v) is 24.4. The predicted molar refractivity (Wildman–Crippen MR) is 163 cm³/mol. The van der Waals surface area contributed by atoms with Crippen LogP contribution >= 0.6 is 0 Å². The molecule has 1 heteroatoms. The molecule has 0 amide bonds. The summed E-state index contributed by atoms with van der Waals surface area (Å²) in [6.07, 6.45) is 15.9. The zero-order chi connectivity index (χ0) is 26.6. The lowest BCUT2D eigenvalue weighted by Crippen LogP contribution is -2.29. The van der Waals surface area contributed by atoms with Gasteiger partial charge in [0.2, 0.25) is 0 Å². The van der Waals surface area contributed by atoms with Gasteiger partial charge in [0.05, 0.1) is 5.70 Å². The van der Waals surface area contributed by atoms with Crippen LogP contribution in [0.5, 0.6) is 0 Å². The maximum Gasteiger partial charge on any atom is 0.0707 e. The maximum absolute atomic E-state index is 5.42. The first-order valence-corrected chi connectivity index (χ1v) is 14.3. The van der Waals surface area contributed by atoms with Gasteiger partial charge in [-0.3, -0.25) is 4.99 Å². The van der Waals surface area contributed by atoms with Crippen molar-refractivity contribution in [2.45, 2.75) is 88.0 Å². The van der Waals surface area contributed by atoms with Crippen molar-refractivity contribution in [3.8, 4) is 0 Å². The molecule has 1 fully saturated rings. The van der Waals surface area contributed by atoms with Crippen molar-refractivity contribution in [3.63, 3.8) is 0 Å². The van der Waals surface area contributed by atoms with E-state index in [1.807, 2.05) is 19.9 Å². The summed E-state index contributed by atoms with van der Waals surface area (Å²) in [5, 5.41) is 0. The molecule has 4 rings (SSSR count). The molecule has 1 aromatic rings. The van der Waals surface area contributed by atoms with Crippen molar-refractivity contribution in [2.75, 3.05) is 0 Å². The first kappa shape index (κ1) is 28.2. The Kier molecular flexibility index (Phi) is 9.20. The van der Waals surface area contributed by atoms with Crippen molar-refractivity contribution >= 4 is 16.9 Å². The van der Waals surface area contributed by atoms with E-state index in [0.29, 0.717) is 23.7 Å². The Balaban J connectivity index is 0.00000157. The molecule has 0 N–H and O–H groups in total. The molecule has 0 saturated heterocycles. The van der Waals surface area contributed by atoms with Gasteiger partial charge in [-0.05, 0) is 89.8 Å². The zero-order valence-electron chi connectivity index (χ0n) is 24.4. The topological polar surface area (TPSA) is 12.4 Å². The van der Waals surface area contributed by atoms with Crippen LogP contribution in [0.15, 0.2) is 71.4 Å². The van der Waals surface area contributed by atoms with Crippen molar-refractivity contribution < 1.29 is 1.43 Å². The second-order valence-electron chi connectivity index (χ2n) is 11.9. The standard InChI is InChI=1S/C33H43N.C2H6.H2/c1-9-23(13-11-12-21(3)4)26-15-14-25-16-17-27(28(25)18-26)30-19-24(10-2)29-20-33(7,8)31(22(5)6)32(29)34-30;1-2;/h9-10,13-15,17-19,21-22,29,31H,1,11-12,16,20H2,2-8H3;1-2H3;1H/b23-13+,24-10+;;. The van der Waals surface area contributed by atoms with Gasteiger partial charge in [-0.1, -0.05) is 98.4 Å². The van der Waals surface area contributed by atoms with Crippen LogP contribution in [0.2, 0.25) is 0 Å². The van der Waals surface area contributed by atoms with Gasteiger partial charge in [-0.2, -0.15) is 0 Å². The fraction of sp³-hybridized carbons (Fsp3) is 0.514. The Morgan fingerprint density at radius 1 is 1.19 bits per heavy atom. The Labute approximate surface area is 223 Å². The number of aliphatic imine (C=N–C) groups is 1. The van der Waals surface area contributed by atoms with E-state index in [-0.39, 0.29) is 6.84 Å². The number of hydrogen-bond donors (Lipinski definition) is 0. The summed E-state index contributed by atoms with van der Waals surface area (Å²) >= 11 is 0. The van der Waals surface area contributed by atoms with Gasteiger partial charge in [-0.25, -0.2) is 0 Å². The summed E-state index contributed by atoms with van der Waals surface area (Å²) < 4.78 is 0. The van der Waals surface area contributed by atoms with Crippen molar-refractivity contribution in [1.82, 2.24) is 0 Å². The second-order valence-corrected chi connectivity index (χ2v) is 11.9. The molecule has 0 aromatic heterocycles. The highest BCUT2D eigenvalue weighted by atomic mass is 14.8. The van der Waals surface area contributed by atoms with E-state index in [9.17, 15) is 0 Å². The van der Waals surface area contributed by atoms with Crippen LogP contribution in [0.3, 0.4) is 0 Å². The minimum Gasteiger partial charge on any atom is -0.256 e. The SMILES string of the molecule is C=C/C(=C\CCC(C)C)c1ccc2c(c1)C(C1=C/C(=C\C)C3CC(C)(C)C(C(C)C)C3=N1)=CC2.CC.[HH]. The van der Waals surface area contributed by atoms with Crippen molar-refractivity contribution in [3.05, 3.63) is 83.1 Å². The summed E-state index contributed by atoms with van der Waals surface area (Å²) in [5.74, 6) is 2.31. The third-order valence-corrected chi connectivity index (χ3v) is 8.07. The summed E-state index contributed by atoms with van der Waals surface area (Å²) in [4.78, 5) is 5.42. The number of fused-ring (bicyclic) bond motifs is 2. The van der Waals surface area contributed by atoms with E-state index in [0.717, 1.165) is 18.5 Å². The third-order valence-electron chi connectivity index (χ3n) is 8.07. The van der Waals surface area contributed by atoms with E-state index in [1.165, 1.54) is 52.0 Å². The fourth-order valence-corrected chi connectivity index (χ4v) is 6.55. The highest BCUT2D eigenvalue weighted by Crippen LogP contribution is 2.52. The van der Waals surface area contributed by atoms with Crippen LogP contribution in [0, 0.1) is 29.1 Å². The minimum absolute atomic E-state index is 0. The lowest BCUT2D eigenvalue weighted by atomic mass is 9.75. The first-order chi connectivity index (χ1) is 17.2. The van der Waals surface area contributed by atoms with Crippen LogP contribution < -0.4 is 0 Å². The predicted octanol–water partition coefficient (Wildman–Crippen LogP) is 10.5. The first-order valence-electron chi connectivity index (χ1n) is 14.3. The molecular formula is C35H51N. The molecule has 1 aliphatic heterocycles. The third kappa shape index (κ3) is 5.61. The molecule has 1 nitrogen and oxygen atoms in total. The molecule has 36 heavy (non-hydrogen) atoms. The molecule has 1 aromatic carbocycles. The Morgan fingerprint density at radius 2 is 1.92 bits per heavy atom. The monoisotopic (exact) mass is 485 g/mol. The number of nitrogens with zero attached hydrogens (tertiary/aromatic N) is 1. The maximum atomic E-state index is 5.42. The number of rotatable bonds is 7.